The average molecular weight is 346 g/mol. The number of hydrogen-bond acceptors (Lipinski definition) is 5. The number of hydrogen-bond donors (Lipinski definition) is 2. The maximum absolute atomic E-state index is 13.4. The summed E-state index contributed by atoms with van der Waals surface area (Å²) in [6.07, 6.45) is -0.292. The van der Waals surface area contributed by atoms with Crippen molar-refractivity contribution in [2.75, 3.05) is 24.2 Å². The molecule has 2 N–H and O–H groups in total. The fourth-order valence-corrected chi connectivity index (χ4v) is 2.86. The van der Waals surface area contributed by atoms with Gasteiger partial charge in [0, 0.05) is 29.3 Å². The van der Waals surface area contributed by atoms with Gasteiger partial charge in [0.05, 0.1) is 6.07 Å². The van der Waals surface area contributed by atoms with Crippen LogP contribution in [0.1, 0.15) is 6.42 Å². The van der Waals surface area contributed by atoms with E-state index in [1.165, 1.54) is 12.1 Å². The molecule has 2 aromatic carbocycles. The highest BCUT2D eigenvalue weighted by Crippen LogP contribution is 2.27. The molecule has 0 heterocycles. The van der Waals surface area contributed by atoms with Gasteiger partial charge in [-0.1, -0.05) is 24.3 Å². The fraction of sp³-hybridized carbons (Fsp3) is 0.278. The number of nitrogens with zero attached hydrogens (tertiary/aromatic N) is 1. The average Bonchev–Trinajstić information content (AvgIpc) is 2.60. The maximum Gasteiger partial charge on any atom is 0.165 e. The summed E-state index contributed by atoms with van der Waals surface area (Å²) < 4.78 is 18.7. The zero-order chi connectivity index (χ0) is 17.2. The summed E-state index contributed by atoms with van der Waals surface area (Å²) in [5.41, 5.74) is 0.894. The van der Waals surface area contributed by atoms with Gasteiger partial charge in [0.25, 0.3) is 0 Å². The molecule has 1 atom stereocenters. The number of thioether (sulfide) groups is 1. The lowest BCUT2D eigenvalue weighted by Crippen LogP contribution is -2.26. The van der Waals surface area contributed by atoms with Gasteiger partial charge in [-0.2, -0.15) is 5.26 Å². The van der Waals surface area contributed by atoms with Gasteiger partial charge in [0.15, 0.2) is 11.6 Å². The first-order chi connectivity index (χ1) is 11.7. The van der Waals surface area contributed by atoms with Crippen molar-refractivity contribution in [3.63, 3.8) is 0 Å². The first kappa shape index (κ1) is 18.1. The monoisotopic (exact) mass is 346 g/mol. The quantitative estimate of drug-likeness (QED) is 0.535. The van der Waals surface area contributed by atoms with E-state index >= 15 is 0 Å². The predicted molar refractivity (Wildman–Crippen MR) is 93.8 cm³/mol. The Bertz CT molecular complexity index is 691. The molecule has 126 valence electrons. The van der Waals surface area contributed by atoms with E-state index in [4.69, 9.17) is 10.00 Å². The number of rotatable bonds is 9. The van der Waals surface area contributed by atoms with Crippen LogP contribution in [0.2, 0.25) is 0 Å². The van der Waals surface area contributed by atoms with Gasteiger partial charge in [-0.15, -0.1) is 11.8 Å². The number of nitriles is 1. The molecule has 0 aromatic heterocycles. The van der Waals surface area contributed by atoms with E-state index in [1.54, 1.807) is 23.9 Å². The van der Waals surface area contributed by atoms with Crippen LogP contribution in [0.5, 0.6) is 5.75 Å². The maximum atomic E-state index is 13.4. The minimum atomic E-state index is -0.776. The van der Waals surface area contributed by atoms with Crippen LogP contribution >= 0.6 is 11.8 Å². The molecule has 0 unspecified atom stereocenters. The molecule has 2 rings (SSSR count). The Morgan fingerprint density at radius 2 is 1.96 bits per heavy atom. The van der Waals surface area contributed by atoms with E-state index in [0.717, 1.165) is 10.6 Å². The fourth-order valence-electron chi connectivity index (χ4n) is 1.98. The molecular weight excluding hydrogens is 327 g/mol. The molecule has 0 spiro atoms. The third-order valence-electron chi connectivity index (χ3n) is 3.15. The molecule has 0 saturated heterocycles. The van der Waals surface area contributed by atoms with E-state index in [2.05, 4.69) is 11.4 Å². The molecule has 0 saturated carbocycles. The molecule has 0 aliphatic carbocycles. The van der Waals surface area contributed by atoms with Gasteiger partial charge < -0.3 is 15.2 Å². The molecule has 0 amide bonds. The minimum Gasteiger partial charge on any atom is -0.488 e. The number of aliphatic hydroxyl groups excluding tert-OH is 1. The number of aliphatic hydroxyl groups is 1. The summed E-state index contributed by atoms with van der Waals surface area (Å²) in [5.74, 6) is 0.398. The largest absolute Gasteiger partial charge is 0.488 e. The van der Waals surface area contributed by atoms with Gasteiger partial charge in [-0.25, -0.2) is 4.39 Å². The number of nitrogens with one attached hydrogen (secondary N) is 1. The van der Waals surface area contributed by atoms with Crippen LogP contribution in [0.4, 0.5) is 10.1 Å². The second kappa shape index (κ2) is 9.81. The molecule has 0 bridgehead atoms. The van der Waals surface area contributed by atoms with Crippen molar-refractivity contribution in [3.05, 3.63) is 54.3 Å². The van der Waals surface area contributed by atoms with E-state index in [-0.39, 0.29) is 18.9 Å². The number of para-hydroxylation sites is 2. The molecule has 2 aromatic rings. The van der Waals surface area contributed by atoms with Crippen molar-refractivity contribution >= 4 is 17.4 Å². The number of halogens is 1. The molecule has 0 aliphatic rings. The van der Waals surface area contributed by atoms with Crippen LogP contribution in [-0.4, -0.2) is 30.1 Å². The highest BCUT2D eigenvalue weighted by atomic mass is 32.2. The Labute approximate surface area is 145 Å². The van der Waals surface area contributed by atoms with Gasteiger partial charge in [0.2, 0.25) is 0 Å². The summed E-state index contributed by atoms with van der Waals surface area (Å²) in [6.45, 7) is 0.280. The number of anilines is 1. The standard InChI is InChI=1S/C18H19FN2O2S/c19-15-6-1-3-8-17(15)23-13-14(22)12-21-16-7-2-4-9-18(16)24-11-5-10-20/h1-4,6-9,14,21-22H,5,11-13H2/t14-/m1/s1. The van der Waals surface area contributed by atoms with Crippen LogP contribution in [0.15, 0.2) is 53.4 Å². The topological polar surface area (TPSA) is 65.3 Å². The lowest BCUT2D eigenvalue weighted by molar-refractivity contribution is 0.115. The zero-order valence-electron chi connectivity index (χ0n) is 13.1. The molecule has 4 nitrogen and oxygen atoms in total. The normalized spacial score (nSPS) is 11.5. The van der Waals surface area contributed by atoms with Crippen LogP contribution in [-0.2, 0) is 0 Å². The number of benzene rings is 2. The van der Waals surface area contributed by atoms with E-state index < -0.39 is 11.9 Å². The van der Waals surface area contributed by atoms with Crippen molar-refractivity contribution in [1.29, 1.82) is 5.26 Å². The third kappa shape index (κ3) is 5.76. The van der Waals surface area contributed by atoms with E-state index in [1.807, 2.05) is 24.3 Å². The zero-order valence-corrected chi connectivity index (χ0v) is 13.9. The highest BCUT2D eigenvalue weighted by molar-refractivity contribution is 7.99. The van der Waals surface area contributed by atoms with Crippen LogP contribution in [0, 0.1) is 17.1 Å². The van der Waals surface area contributed by atoms with E-state index in [9.17, 15) is 9.50 Å². The minimum absolute atomic E-state index is 0.00231. The number of ether oxygens (including phenoxy) is 1. The van der Waals surface area contributed by atoms with Crippen molar-refractivity contribution in [3.8, 4) is 11.8 Å². The van der Waals surface area contributed by atoms with Gasteiger partial charge in [0.1, 0.15) is 12.7 Å². The Morgan fingerprint density at radius 1 is 1.21 bits per heavy atom. The molecule has 0 fully saturated rings. The second-order valence-electron chi connectivity index (χ2n) is 5.03. The highest BCUT2D eigenvalue weighted by Gasteiger charge is 2.09. The first-order valence-corrected chi connectivity index (χ1v) is 8.57. The molecular formula is C18H19FN2O2S. The van der Waals surface area contributed by atoms with Gasteiger partial charge >= 0.3 is 0 Å². The summed E-state index contributed by atoms with van der Waals surface area (Å²) in [5, 5.41) is 21.8. The van der Waals surface area contributed by atoms with E-state index in [0.29, 0.717) is 12.2 Å². The molecule has 0 aliphatic heterocycles. The van der Waals surface area contributed by atoms with Crippen molar-refractivity contribution in [2.45, 2.75) is 17.4 Å². The Morgan fingerprint density at radius 3 is 2.75 bits per heavy atom. The lowest BCUT2D eigenvalue weighted by atomic mass is 10.3. The van der Waals surface area contributed by atoms with Crippen molar-refractivity contribution in [1.82, 2.24) is 0 Å². The van der Waals surface area contributed by atoms with Crippen LogP contribution in [0.25, 0.3) is 0 Å². The molecule has 0 radical (unpaired) electrons. The summed E-state index contributed by atoms with van der Waals surface area (Å²) in [7, 11) is 0. The summed E-state index contributed by atoms with van der Waals surface area (Å²) in [4.78, 5) is 1.02. The van der Waals surface area contributed by atoms with Gasteiger partial charge in [-0.3, -0.25) is 0 Å². The first-order valence-electron chi connectivity index (χ1n) is 7.58. The SMILES string of the molecule is N#CCCSc1ccccc1NC[C@@H](O)COc1ccccc1F. The summed E-state index contributed by atoms with van der Waals surface area (Å²) in [6, 6.07) is 15.9. The lowest BCUT2D eigenvalue weighted by Gasteiger charge is -2.16. The Balaban J connectivity index is 1.82. The molecule has 24 heavy (non-hydrogen) atoms. The van der Waals surface area contributed by atoms with Crippen LogP contribution < -0.4 is 10.1 Å². The second-order valence-corrected chi connectivity index (χ2v) is 6.17. The van der Waals surface area contributed by atoms with Crippen molar-refractivity contribution in [2.24, 2.45) is 0 Å². The van der Waals surface area contributed by atoms with Crippen LogP contribution in [0.3, 0.4) is 0 Å². The van der Waals surface area contributed by atoms with Crippen molar-refractivity contribution < 1.29 is 14.2 Å². The summed E-state index contributed by atoms with van der Waals surface area (Å²) >= 11 is 1.59. The Hall–Kier alpha value is -2.23. The molecule has 6 heteroatoms. The predicted octanol–water partition coefficient (Wildman–Crippen LogP) is 3.68. The van der Waals surface area contributed by atoms with Gasteiger partial charge in [-0.05, 0) is 24.3 Å². The Kier molecular flexibility index (Phi) is 7.40. The smallest absolute Gasteiger partial charge is 0.165 e. The third-order valence-corrected chi connectivity index (χ3v) is 4.23.